The molecular weight excluding hydrogens is 292 g/mol. The third-order valence-corrected chi connectivity index (χ3v) is 3.30. The van der Waals surface area contributed by atoms with Gasteiger partial charge in [0.05, 0.1) is 6.54 Å². The molecule has 0 fully saturated rings. The molecule has 0 aliphatic rings. The van der Waals surface area contributed by atoms with Crippen LogP contribution in [-0.2, 0) is 9.59 Å². The summed E-state index contributed by atoms with van der Waals surface area (Å²) in [5, 5.41) is 5.24. The van der Waals surface area contributed by atoms with Gasteiger partial charge >= 0.3 is 0 Å². The van der Waals surface area contributed by atoms with E-state index in [0.717, 1.165) is 12.1 Å². The van der Waals surface area contributed by atoms with Crippen LogP contribution in [0.4, 0.5) is 8.78 Å². The quantitative estimate of drug-likeness (QED) is 0.744. The zero-order valence-electron chi connectivity index (χ0n) is 13.0. The molecule has 1 atom stereocenters. The molecule has 0 saturated carbocycles. The Bertz CT molecular complexity index is 538. The minimum absolute atomic E-state index is 0.111. The molecule has 5 nitrogen and oxygen atoms in total. The molecule has 0 radical (unpaired) electrons. The molecule has 0 saturated heterocycles. The molecular formula is C15H21F2N3O2. The van der Waals surface area contributed by atoms with Gasteiger partial charge in [0.25, 0.3) is 0 Å². The fraction of sp³-hybridized carbons (Fsp3) is 0.467. The van der Waals surface area contributed by atoms with Gasteiger partial charge in [0.1, 0.15) is 0 Å². The third kappa shape index (κ3) is 5.77. The highest BCUT2D eigenvalue weighted by Gasteiger charge is 2.16. The summed E-state index contributed by atoms with van der Waals surface area (Å²) >= 11 is 0. The molecule has 1 unspecified atom stereocenters. The van der Waals surface area contributed by atoms with Crippen molar-refractivity contribution in [3.63, 3.8) is 0 Å². The number of carbonyl (C=O) groups excluding carboxylic acids is 2. The number of carbonyl (C=O) groups is 2. The molecule has 0 aliphatic heterocycles. The Morgan fingerprint density at radius 1 is 1.18 bits per heavy atom. The minimum atomic E-state index is -0.905. The lowest BCUT2D eigenvalue weighted by molar-refractivity contribution is -0.123. The molecule has 122 valence electrons. The van der Waals surface area contributed by atoms with Gasteiger partial charge in [0.15, 0.2) is 11.6 Å². The van der Waals surface area contributed by atoms with Crippen LogP contribution in [0.1, 0.15) is 25.5 Å². The summed E-state index contributed by atoms with van der Waals surface area (Å²) in [6, 6.07) is 3.46. The van der Waals surface area contributed by atoms with Crippen molar-refractivity contribution in [3.8, 4) is 0 Å². The van der Waals surface area contributed by atoms with Gasteiger partial charge in [-0.15, -0.1) is 0 Å². The van der Waals surface area contributed by atoms with Crippen LogP contribution in [0.15, 0.2) is 18.2 Å². The normalized spacial score (nSPS) is 12.1. The van der Waals surface area contributed by atoms with Crippen LogP contribution in [0.2, 0.25) is 0 Å². The molecule has 0 aromatic heterocycles. The summed E-state index contributed by atoms with van der Waals surface area (Å²) in [6.45, 7) is 4.02. The number of nitrogens with one attached hydrogen (secondary N) is 2. The molecule has 1 aromatic carbocycles. The highest BCUT2D eigenvalue weighted by molar-refractivity contribution is 5.78. The number of benzene rings is 1. The molecule has 22 heavy (non-hydrogen) atoms. The highest BCUT2D eigenvalue weighted by atomic mass is 19.2. The zero-order valence-corrected chi connectivity index (χ0v) is 13.0. The largest absolute Gasteiger partial charge is 0.355 e. The average molecular weight is 313 g/mol. The summed E-state index contributed by atoms with van der Waals surface area (Å²) in [4.78, 5) is 24.2. The van der Waals surface area contributed by atoms with E-state index < -0.39 is 11.6 Å². The number of hydrogen-bond donors (Lipinski definition) is 2. The van der Waals surface area contributed by atoms with Crippen LogP contribution in [0.5, 0.6) is 0 Å². The van der Waals surface area contributed by atoms with Crippen molar-refractivity contribution in [2.75, 3.05) is 26.7 Å². The van der Waals surface area contributed by atoms with Gasteiger partial charge in [-0.05, 0) is 31.7 Å². The summed E-state index contributed by atoms with van der Waals surface area (Å²) in [7, 11) is 1.72. The Hall–Kier alpha value is -2.02. The maximum atomic E-state index is 13.2. The third-order valence-electron chi connectivity index (χ3n) is 3.30. The van der Waals surface area contributed by atoms with E-state index in [0.29, 0.717) is 18.7 Å². The van der Waals surface area contributed by atoms with Crippen LogP contribution in [0, 0.1) is 11.6 Å². The van der Waals surface area contributed by atoms with Crippen LogP contribution >= 0.6 is 0 Å². The lowest BCUT2D eigenvalue weighted by Crippen LogP contribution is -2.39. The van der Waals surface area contributed by atoms with Gasteiger partial charge in [-0.2, -0.15) is 0 Å². The lowest BCUT2D eigenvalue weighted by Gasteiger charge is -2.24. The predicted octanol–water partition coefficient (Wildman–Crippen LogP) is 1.21. The van der Waals surface area contributed by atoms with E-state index in [1.807, 2.05) is 0 Å². The second-order valence-electron chi connectivity index (χ2n) is 5.10. The van der Waals surface area contributed by atoms with Gasteiger partial charge in [-0.3, -0.25) is 14.5 Å². The van der Waals surface area contributed by atoms with E-state index in [2.05, 4.69) is 10.6 Å². The Labute approximate surface area is 128 Å². The average Bonchev–Trinajstić information content (AvgIpc) is 2.45. The maximum absolute atomic E-state index is 13.2. The van der Waals surface area contributed by atoms with Gasteiger partial charge in [-0.1, -0.05) is 6.07 Å². The Morgan fingerprint density at radius 2 is 1.82 bits per heavy atom. The van der Waals surface area contributed by atoms with Gasteiger partial charge < -0.3 is 10.6 Å². The Balaban J connectivity index is 2.46. The van der Waals surface area contributed by atoms with E-state index in [1.54, 1.807) is 18.9 Å². The summed E-state index contributed by atoms with van der Waals surface area (Å²) in [5.74, 6) is -2.16. The molecule has 1 rings (SSSR count). The smallest absolute Gasteiger partial charge is 0.234 e. The molecule has 2 amide bonds. The first-order chi connectivity index (χ1) is 10.3. The zero-order chi connectivity index (χ0) is 16.7. The second kappa shape index (κ2) is 8.43. The number of halogens is 2. The van der Waals surface area contributed by atoms with E-state index in [-0.39, 0.29) is 24.4 Å². The van der Waals surface area contributed by atoms with Crippen molar-refractivity contribution < 1.29 is 18.4 Å². The summed E-state index contributed by atoms with van der Waals surface area (Å²) in [6.07, 6.45) is 0. The number of amides is 2. The first-order valence-electron chi connectivity index (χ1n) is 6.97. The van der Waals surface area contributed by atoms with Gasteiger partial charge in [0.2, 0.25) is 11.8 Å². The molecule has 2 N–H and O–H groups in total. The van der Waals surface area contributed by atoms with Crippen molar-refractivity contribution in [1.29, 1.82) is 0 Å². The van der Waals surface area contributed by atoms with Gasteiger partial charge in [-0.25, -0.2) is 8.78 Å². The van der Waals surface area contributed by atoms with Crippen molar-refractivity contribution >= 4 is 11.8 Å². The minimum Gasteiger partial charge on any atom is -0.355 e. The van der Waals surface area contributed by atoms with Crippen LogP contribution in [0.3, 0.4) is 0 Å². The summed E-state index contributed by atoms with van der Waals surface area (Å²) in [5.41, 5.74) is 0.590. The Kier molecular flexibility index (Phi) is 6.91. The highest BCUT2D eigenvalue weighted by Crippen LogP contribution is 2.20. The topological polar surface area (TPSA) is 61.4 Å². The monoisotopic (exact) mass is 313 g/mol. The first-order valence-corrected chi connectivity index (χ1v) is 6.97. The standard InChI is InChI=1S/C15H21F2N3O2/c1-10(12-4-5-13(16)14(17)8-12)20(3)9-15(22)19-7-6-18-11(2)21/h4-5,8,10H,6-7,9H2,1-3H3,(H,18,21)(H,19,22). The van der Waals surface area contributed by atoms with Crippen LogP contribution < -0.4 is 10.6 Å². The number of likely N-dealkylation sites (N-methyl/N-ethyl adjacent to an activating group) is 1. The van der Waals surface area contributed by atoms with E-state index in [9.17, 15) is 18.4 Å². The molecule has 0 aliphatic carbocycles. The molecule has 1 aromatic rings. The maximum Gasteiger partial charge on any atom is 0.234 e. The van der Waals surface area contributed by atoms with E-state index in [4.69, 9.17) is 0 Å². The van der Waals surface area contributed by atoms with E-state index in [1.165, 1.54) is 13.0 Å². The fourth-order valence-corrected chi connectivity index (χ4v) is 1.89. The predicted molar refractivity (Wildman–Crippen MR) is 79.1 cm³/mol. The summed E-state index contributed by atoms with van der Waals surface area (Å²) < 4.78 is 26.1. The van der Waals surface area contributed by atoms with E-state index >= 15 is 0 Å². The van der Waals surface area contributed by atoms with Crippen LogP contribution in [-0.4, -0.2) is 43.4 Å². The van der Waals surface area contributed by atoms with Crippen molar-refractivity contribution in [3.05, 3.63) is 35.4 Å². The van der Waals surface area contributed by atoms with Gasteiger partial charge in [0, 0.05) is 26.1 Å². The number of hydrogen-bond acceptors (Lipinski definition) is 3. The van der Waals surface area contributed by atoms with Crippen molar-refractivity contribution in [1.82, 2.24) is 15.5 Å². The SMILES string of the molecule is CC(=O)NCCNC(=O)CN(C)C(C)c1ccc(F)c(F)c1. The lowest BCUT2D eigenvalue weighted by atomic mass is 10.1. The number of nitrogens with zero attached hydrogens (tertiary/aromatic N) is 1. The molecule has 0 heterocycles. The van der Waals surface area contributed by atoms with Crippen molar-refractivity contribution in [2.45, 2.75) is 19.9 Å². The second-order valence-corrected chi connectivity index (χ2v) is 5.10. The first kappa shape index (κ1) is 18.0. The Morgan fingerprint density at radius 3 is 2.41 bits per heavy atom. The molecule has 0 spiro atoms. The molecule has 7 heteroatoms. The van der Waals surface area contributed by atoms with Crippen LogP contribution in [0.25, 0.3) is 0 Å². The molecule has 0 bridgehead atoms. The number of rotatable bonds is 7. The fourth-order valence-electron chi connectivity index (χ4n) is 1.89. The van der Waals surface area contributed by atoms with Crippen molar-refractivity contribution in [2.24, 2.45) is 0 Å².